The molecule has 0 aliphatic rings. The summed E-state index contributed by atoms with van der Waals surface area (Å²) in [6.07, 6.45) is -2.64. The summed E-state index contributed by atoms with van der Waals surface area (Å²) in [7, 11) is 3.04. The quantitative estimate of drug-likeness (QED) is 0.854. The number of nitrogens with zero attached hydrogens (tertiary/aromatic N) is 1. The van der Waals surface area contributed by atoms with Crippen LogP contribution in [0.1, 0.15) is 49.7 Å². The molecule has 2 rings (SSSR count). The van der Waals surface area contributed by atoms with Crippen molar-refractivity contribution in [1.29, 1.82) is 0 Å². The molecule has 6 heteroatoms. The summed E-state index contributed by atoms with van der Waals surface area (Å²) in [4.78, 5) is 6.68. The minimum absolute atomic E-state index is 0.179. The lowest BCUT2D eigenvalue weighted by Crippen LogP contribution is -2.16. The van der Waals surface area contributed by atoms with E-state index in [0.717, 1.165) is 16.7 Å². The van der Waals surface area contributed by atoms with Crippen molar-refractivity contribution in [2.75, 3.05) is 0 Å². The molecule has 0 saturated heterocycles. The predicted octanol–water partition coefficient (Wildman–Crippen LogP) is 3.88. The monoisotopic (exact) mass is 295 g/mol. The Balaban J connectivity index is 2.92. The second-order valence-corrected chi connectivity index (χ2v) is 6.16. The average molecular weight is 295 g/mol. The zero-order valence-corrected chi connectivity index (χ0v) is 13.2. The molecule has 107 valence electrons. The lowest BCUT2D eigenvalue weighted by atomic mass is 9.81. The Morgan fingerprint density at radius 2 is 1.80 bits per heavy atom. The first kappa shape index (κ1) is 15.0. The minimum Gasteiger partial charge on any atom is -0.539 e. The van der Waals surface area contributed by atoms with E-state index in [2.05, 4.69) is 41.2 Å². The number of nitrogens with one attached hydrogen (secondary N) is 1. The Kier molecular flexibility index (Phi) is 3.62. The number of aromatic amines is 1. The maximum absolute atomic E-state index is 12.9. The minimum atomic E-state index is -2.64. The van der Waals surface area contributed by atoms with Gasteiger partial charge in [0.15, 0.2) is 5.82 Å². The van der Waals surface area contributed by atoms with E-state index < -0.39 is 6.43 Å². The molecule has 0 spiro atoms. The average Bonchev–Trinajstić information content (AvgIpc) is 2.76. The van der Waals surface area contributed by atoms with Gasteiger partial charge in [-0.1, -0.05) is 20.8 Å². The fourth-order valence-electron chi connectivity index (χ4n) is 2.60. The summed E-state index contributed by atoms with van der Waals surface area (Å²) in [5.74, 6) is 0.185. The van der Waals surface area contributed by atoms with Gasteiger partial charge in [-0.15, -0.1) is 0 Å². The van der Waals surface area contributed by atoms with E-state index in [1.54, 1.807) is 0 Å². The number of rotatable bonds is 2. The molecule has 0 aliphatic carbocycles. The highest BCUT2D eigenvalue weighted by Crippen LogP contribution is 2.41. The van der Waals surface area contributed by atoms with Crippen LogP contribution >= 0.6 is 0 Å². The smallest absolute Gasteiger partial charge is 0.341 e. The van der Waals surface area contributed by atoms with E-state index in [9.17, 15) is 8.78 Å². The third kappa shape index (κ3) is 2.22. The summed E-state index contributed by atoms with van der Waals surface area (Å²) < 4.78 is 31.0. The molecule has 0 unspecified atom stereocenters. The van der Waals surface area contributed by atoms with E-state index in [-0.39, 0.29) is 11.2 Å². The van der Waals surface area contributed by atoms with Gasteiger partial charge in [-0.3, -0.25) is 0 Å². The first-order chi connectivity index (χ1) is 9.18. The van der Waals surface area contributed by atoms with Crippen LogP contribution in [0, 0.1) is 13.8 Å². The van der Waals surface area contributed by atoms with Crippen molar-refractivity contribution in [3.05, 3.63) is 22.5 Å². The molecule has 20 heavy (non-hydrogen) atoms. The van der Waals surface area contributed by atoms with Crippen LogP contribution < -0.4 is 4.43 Å². The van der Waals surface area contributed by atoms with E-state index in [0.29, 0.717) is 16.8 Å². The van der Waals surface area contributed by atoms with Gasteiger partial charge in [-0.05, 0) is 30.4 Å². The van der Waals surface area contributed by atoms with Crippen LogP contribution in [0.3, 0.4) is 0 Å². The van der Waals surface area contributed by atoms with E-state index in [4.69, 9.17) is 4.43 Å². The van der Waals surface area contributed by atoms with Crippen molar-refractivity contribution in [2.45, 2.75) is 46.5 Å². The number of H-pyrrole nitrogens is 1. The molecule has 0 atom stereocenters. The SMILES string of the molecule is Cc1c(C(C)(C)C)c(O[Si])c2[nH]c(C(F)F)nc2c1C. The molecule has 2 aromatic rings. The molecule has 1 aromatic carbocycles. The number of hydrogen-bond donors (Lipinski definition) is 1. The summed E-state index contributed by atoms with van der Waals surface area (Å²) in [6.45, 7) is 10.0. The molecular formula is C14H17F2N2OSi. The maximum atomic E-state index is 12.9. The van der Waals surface area contributed by atoms with Crippen molar-refractivity contribution in [1.82, 2.24) is 9.97 Å². The highest BCUT2D eigenvalue weighted by Gasteiger charge is 2.27. The lowest BCUT2D eigenvalue weighted by molar-refractivity contribution is 0.142. The zero-order chi connectivity index (χ0) is 15.2. The van der Waals surface area contributed by atoms with Gasteiger partial charge in [0.1, 0.15) is 11.3 Å². The maximum Gasteiger partial charge on any atom is 0.341 e. The van der Waals surface area contributed by atoms with Crippen LogP contribution in [0.5, 0.6) is 5.75 Å². The molecule has 3 nitrogen and oxygen atoms in total. The van der Waals surface area contributed by atoms with Gasteiger partial charge in [0, 0.05) is 5.56 Å². The van der Waals surface area contributed by atoms with Crippen molar-refractivity contribution in [3.63, 3.8) is 0 Å². The Labute approximate surface area is 120 Å². The molecule has 1 heterocycles. The van der Waals surface area contributed by atoms with Crippen LogP contribution in [0.25, 0.3) is 11.0 Å². The predicted molar refractivity (Wildman–Crippen MR) is 75.6 cm³/mol. The fraction of sp³-hybridized carbons (Fsp3) is 0.500. The van der Waals surface area contributed by atoms with Crippen LogP contribution in [0.15, 0.2) is 0 Å². The van der Waals surface area contributed by atoms with Gasteiger partial charge in [0.2, 0.25) is 0 Å². The Bertz CT molecular complexity index is 659. The van der Waals surface area contributed by atoms with Gasteiger partial charge in [0.05, 0.1) is 5.52 Å². The molecule has 0 fully saturated rings. The molecule has 3 radical (unpaired) electrons. The Morgan fingerprint density at radius 1 is 1.20 bits per heavy atom. The second kappa shape index (κ2) is 4.84. The van der Waals surface area contributed by atoms with Crippen LogP contribution in [0.4, 0.5) is 8.78 Å². The van der Waals surface area contributed by atoms with E-state index >= 15 is 0 Å². The van der Waals surface area contributed by atoms with E-state index in [1.165, 1.54) is 0 Å². The summed E-state index contributed by atoms with van der Waals surface area (Å²) in [6, 6.07) is 0. The Morgan fingerprint density at radius 3 is 2.25 bits per heavy atom. The van der Waals surface area contributed by atoms with Crippen molar-refractivity contribution < 1.29 is 13.2 Å². The second-order valence-electron chi connectivity index (χ2n) is 5.95. The van der Waals surface area contributed by atoms with Gasteiger partial charge >= 0.3 is 10.5 Å². The first-order valence-corrected chi connectivity index (χ1v) is 6.74. The first-order valence-electron chi connectivity index (χ1n) is 6.33. The number of imidazole rings is 1. The zero-order valence-electron chi connectivity index (χ0n) is 12.2. The normalized spacial score (nSPS) is 12.4. The molecular weight excluding hydrogens is 278 g/mol. The van der Waals surface area contributed by atoms with Crippen molar-refractivity contribution >= 4 is 21.5 Å². The van der Waals surface area contributed by atoms with Gasteiger partial charge in [-0.25, -0.2) is 13.8 Å². The van der Waals surface area contributed by atoms with Gasteiger partial charge in [-0.2, -0.15) is 0 Å². The summed E-state index contributed by atoms with van der Waals surface area (Å²) in [5.41, 5.74) is 3.72. The number of fused-ring (bicyclic) bond motifs is 1. The number of aromatic nitrogens is 2. The molecule has 1 aromatic heterocycles. The van der Waals surface area contributed by atoms with Crippen LogP contribution in [0.2, 0.25) is 0 Å². The highest BCUT2D eigenvalue weighted by atomic mass is 28.2. The van der Waals surface area contributed by atoms with Crippen molar-refractivity contribution in [2.24, 2.45) is 0 Å². The topological polar surface area (TPSA) is 37.9 Å². The van der Waals surface area contributed by atoms with Crippen molar-refractivity contribution in [3.8, 4) is 5.75 Å². The number of halogens is 2. The molecule has 0 aliphatic heterocycles. The van der Waals surface area contributed by atoms with Crippen LogP contribution in [-0.4, -0.2) is 20.5 Å². The fourth-order valence-corrected chi connectivity index (χ4v) is 2.80. The highest BCUT2D eigenvalue weighted by molar-refractivity contribution is 6.02. The largest absolute Gasteiger partial charge is 0.539 e. The third-order valence-corrected chi connectivity index (χ3v) is 3.73. The van der Waals surface area contributed by atoms with Gasteiger partial charge in [0.25, 0.3) is 6.43 Å². The number of benzene rings is 1. The van der Waals surface area contributed by atoms with Gasteiger partial charge < -0.3 is 9.41 Å². The van der Waals surface area contributed by atoms with E-state index in [1.807, 2.05) is 13.8 Å². The number of hydrogen-bond acceptors (Lipinski definition) is 2. The molecule has 1 N–H and O–H groups in total. The summed E-state index contributed by atoms with van der Waals surface area (Å²) in [5, 5.41) is 0. The Hall–Kier alpha value is -1.43. The lowest BCUT2D eigenvalue weighted by Gasteiger charge is -2.26. The molecule has 0 amide bonds. The van der Waals surface area contributed by atoms with Crippen LogP contribution in [-0.2, 0) is 5.41 Å². The molecule has 0 bridgehead atoms. The standard InChI is InChI=1S/C14H17F2N2OSi/c1-6-7(2)9-10(18-13(17-9)12(15)16)11(19-20)8(6)14(3,4)5/h12H,1-5H3,(H,17,18). The summed E-state index contributed by atoms with van der Waals surface area (Å²) >= 11 is 0. The molecule has 0 saturated carbocycles. The number of alkyl halides is 2. The number of aryl methyl sites for hydroxylation is 1. The third-order valence-electron chi connectivity index (χ3n) is 3.53.